The first kappa shape index (κ1) is 11.9. The van der Waals surface area contributed by atoms with Gasteiger partial charge in [0, 0.05) is 18.6 Å². The molecule has 4 heteroatoms. The molecule has 0 aliphatic carbocycles. The molecule has 1 fully saturated rings. The second-order valence-corrected chi connectivity index (χ2v) is 4.18. The molecule has 1 aliphatic rings. The van der Waals surface area contributed by atoms with Gasteiger partial charge in [-0.15, -0.1) is 0 Å². The van der Waals surface area contributed by atoms with E-state index in [2.05, 4.69) is 4.90 Å². The molecule has 0 bridgehead atoms. The lowest BCUT2D eigenvalue weighted by molar-refractivity contribution is 0.125. The minimum Gasteiger partial charge on any atom is -0.330 e. The van der Waals surface area contributed by atoms with Crippen LogP contribution in [-0.2, 0) is 0 Å². The van der Waals surface area contributed by atoms with Crippen molar-refractivity contribution in [3.8, 4) is 0 Å². The maximum atomic E-state index is 5.68. The van der Waals surface area contributed by atoms with Gasteiger partial charge in [-0.2, -0.15) is 0 Å². The molecule has 4 nitrogen and oxygen atoms in total. The van der Waals surface area contributed by atoms with Crippen LogP contribution in [-0.4, -0.2) is 43.2 Å². The summed E-state index contributed by atoms with van der Waals surface area (Å²) < 4.78 is 0. The zero-order chi connectivity index (χ0) is 10.4. The van der Waals surface area contributed by atoms with Crippen molar-refractivity contribution >= 4 is 0 Å². The Bertz CT molecular complexity index is 154. The Morgan fingerprint density at radius 1 is 1.00 bits per heavy atom. The fourth-order valence-electron chi connectivity index (χ4n) is 2.73. The average molecular weight is 200 g/mol. The lowest BCUT2D eigenvalue weighted by atomic mass is 9.88. The number of nitrogens with zero attached hydrogens (tertiary/aromatic N) is 1. The Balaban J connectivity index is 2.61. The van der Waals surface area contributed by atoms with Gasteiger partial charge in [-0.25, -0.2) is 0 Å². The van der Waals surface area contributed by atoms with E-state index in [0.29, 0.717) is 0 Å². The van der Waals surface area contributed by atoms with Gasteiger partial charge in [-0.1, -0.05) is 0 Å². The number of likely N-dealkylation sites (tertiary alicyclic amines) is 1. The van der Waals surface area contributed by atoms with E-state index in [0.717, 1.165) is 45.6 Å². The summed E-state index contributed by atoms with van der Waals surface area (Å²) in [7, 11) is 0. The molecule has 6 N–H and O–H groups in total. The largest absolute Gasteiger partial charge is 0.330 e. The topological polar surface area (TPSA) is 81.3 Å². The first-order valence-electron chi connectivity index (χ1n) is 5.64. The van der Waals surface area contributed by atoms with E-state index in [4.69, 9.17) is 17.2 Å². The molecule has 0 aromatic rings. The van der Waals surface area contributed by atoms with Crippen molar-refractivity contribution in [2.24, 2.45) is 17.2 Å². The van der Waals surface area contributed by atoms with Gasteiger partial charge in [-0.05, 0) is 45.3 Å². The van der Waals surface area contributed by atoms with Gasteiger partial charge >= 0.3 is 0 Å². The third kappa shape index (κ3) is 2.45. The predicted octanol–water partition coefficient (Wildman–Crippen LogP) is -0.523. The molecule has 1 aliphatic heterocycles. The standard InChI is InChI=1S/C10H24N4/c11-5-3-10(4-6-12)2-1-8-14(10)9-7-13/h1-9,11-13H2. The van der Waals surface area contributed by atoms with Gasteiger partial charge in [-0.3, -0.25) is 4.90 Å². The molecule has 0 unspecified atom stereocenters. The van der Waals surface area contributed by atoms with Gasteiger partial charge in [0.1, 0.15) is 0 Å². The molecule has 0 spiro atoms. The normalized spacial score (nSPS) is 21.6. The Kier molecular flexibility index (Phi) is 4.81. The summed E-state index contributed by atoms with van der Waals surface area (Å²) in [5, 5.41) is 0. The molecule has 1 heterocycles. The first-order valence-corrected chi connectivity index (χ1v) is 5.64. The molecule has 14 heavy (non-hydrogen) atoms. The molecule has 0 aromatic heterocycles. The van der Waals surface area contributed by atoms with Crippen LogP contribution in [0.2, 0.25) is 0 Å². The first-order chi connectivity index (χ1) is 6.79. The number of hydrogen-bond donors (Lipinski definition) is 3. The molecule has 1 rings (SSSR count). The zero-order valence-electron chi connectivity index (χ0n) is 9.04. The Labute approximate surface area is 86.8 Å². The Morgan fingerprint density at radius 2 is 1.64 bits per heavy atom. The van der Waals surface area contributed by atoms with Crippen molar-refractivity contribution in [1.29, 1.82) is 0 Å². The molecule has 0 radical (unpaired) electrons. The van der Waals surface area contributed by atoms with Crippen LogP contribution in [0.25, 0.3) is 0 Å². The van der Waals surface area contributed by atoms with E-state index in [1.54, 1.807) is 0 Å². The molecule has 1 saturated heterocycles. The highest BCUT2D eigenvalue weighted by atomic mass is 15.2. The van der Waals surface area contributed by atoms with Crippen LogP contribution in [0.3, 0.4) is 0 Å². The summed E-state index contributed by atoms with van der Waals surface area (Å²) >= 11 is 0. The van der Waals surface area contributed by atoms with Crippen molar-refractivity contribution in [3.63, 3.8) is 0 Å². The van der Waals surface area contributed by atoms with E-state index < -0.39 is 0 Å². The molecular formula is C10H24N4. The van der Waals surface area contributed by atoms with Crippen molar-refractivity contribution in [3.05, 3.63) is 0 Å². The smallest absolute Gasteiger partial charge is 0.0234 e. The molecule has 0 saturated carbocycles. The predicted molar refractivity (Wildman–Crippen MR) is 59.9 cm³/mol. The SMILES string of the molecule is NCCN1CCCC1(CCN)CCN. The third-order valence-electron chi connectivity index (χ3n) is 3.36. The Morgan fingerprint density at radius 3 is 2.14 bits per heavy atom. The van der Waals surface area contributed by atoms with Crippen molar-refractivity contribution in [2.75, 3.05) is 32.7 Å². The van der Waals surface area contributed by atoms with E-state index >= 15 is 0 Å². The zero-order valence-corrected chi connectivity index (χ0v) is 9.04. The van der Waals surface area contributed by atoms with Crippen LogP contribution in [0.4, 0.5) is 0 Å². The molecule has 0 aromatic carbocycles. The van der Waals surface area contributed by atoms with Gasteiger partial charge in [0.05, 0.1) is 0 Å². The number of rotatable bonds is 6. The van der Waals surface area contributed by atoms with Crippen LogP contribution >= 0.6 is 0 Å². The van der Waals surface area contributed by atoms with Gasteiger partial charge in [0.15, 0.2) is 0 Å². The summed E-state index contributed by atoms with van der Waals surface area (Å²) in [4.78, 5) is 2.49. The highest BCUT2D eigenvalue weighted by molar-refractivity contribution is 4.96. The summed E-state index contributed by atoms with van der Waals surface area (Å²) in [6, 6.07) is 0. The molecule has 84 valence electrons. The van der Waals surface area contributed by atoms with Gasteiger partial charge in [0.2, 0.25) is 0 Å². The summed E-state index contributed by atoms with van der Waals surface area (Å²) in [6.07, 6.45) is 4.62. The van der Waals surface area contributed by atoms with Crippen LogP contribution in [0.15, 0.2) is 0 Å². The highest BCUT2D eigenvalue weighted by Crippen LogP contribution is 2.34. The quantitative estimate of drug-likeness (QED) is 0.539. The van der Waals surface area contributed by atoms with Crippen molar-refractivity contribution in [2.45, 2.75) is 31.2 Å². The highest BCUT2D eigenvalue weighted by Gasteiger charge is 2.38. The second-order valence-electron chi connectivity index (χ2n) is 4.18. The fraction of sp³-hybridized carbons (Fsp3) is 1.00. The third-order valence-corrected chi connectivity index (χ3v) is 3.36. The fourth-order valence-corrected chi connectivity index (χ4v) is 2.73. The number of hydrogen-bond acceptors (Lipinski definition) is 4. The summed E-state index contributed by atoms with van der Waals surface area (Å²) in [6.45, 7) is 4.39. The van der Waals surface area contributed by atoms with E-state index in [1.165, 1.54) is 12.8 Å². The maximum Gasteiger partial charge on any atom is 0.0234 e. The second kappa shape index (κ2) is 5.66. The van der Waals surface area contributed by atoms with Gasteiger partial charge < -0.3 is 17.2 Å². The summed E-state index contributed by atoms with van der Waals surface area (Å²) in [5.41, 5.74) is 17.3. The van der Waals surface area contributed by atoms with E-state index in [9.17, 15) is 0 Å². The van der Waals surface area contributed by atoms with Crippen LogP contribution in [0.1, 0.15) is 25.7 Å². The Hall–Kier alpha value is -0.160. The minimum absolute atomic E-state index is 0.267. The lowest BCUT2D eigenvalue weighted by Gasteiger charge is -2.38. The molecular weight excluding hydrogens is 176 g/mol. The van der Waals surface area contributed by atoms with Crippen LogP contribution in [0.5, 0.6) is 0 Å². The van der Waals surface area contributed by atoms with Crippen LogP contribution < -0.4 is 17.2 Å². The van der Waals surface area contributed by atoms with Crippen LogP contribution in [0, 0.1) is 0 Å². The van der Waals surface area contributed by atoms with E-state index in [1.807, 2.05) is 0 Å². The van der Waals surface area contributed by atoms with Crippen molar-refractivity contribution < 1.29 is 0 Å². The monoisotopic (exact) mass is 200 g/mol. The van der Waals surface area contributed by atoms with Gasteiger partial charge in [0.25, 0.3) is 0 Å². The molecule has 0 amide bonds. The minimum atomic E-state index is 0.267. The lowest BCUT2D eigenvalue weighted by Crippen LogP contribution is -2.48. The maximum absolute atomic E-state index is 5.68. The molecule has 0 atom stereocenters. The number of nitrogens with two attached hydrogens (primary N) is 3. The summed E-state index contributed by atoms with van der Waals surface area (Å²) in [5.74, 6) is 0. The van der Waals surface area contributed by atoms with E-state index in [-0.39, 0.29) is 5.54 Å². The average Bonchev–Trinajstić information content (AvgIpc) is 2.51. The van der Waals surface area contributed by atoms with Crippen molar-refractivity contribution in [1.82, 2.24) is 4.90 Å².